The molecule has 3 atom stereocenters. The lowest BCUT2D eigenvalue weighted by molar-refractivity contribution is -0.143. The normalized spacial score (nSPS) is 25.3. The van der Waals surface area contributed by atoms with Gasteiger partial charge in [-0.1, -0.05) is 57.9 Å². The largest absolute Gasteiger partial charge is 0.480 e. The zero-order valence-corrected chi connectivity index (χ0v) is 17.4. The van der Waals surface area contributed by atoms with Crippen LogP contribution in [0, 0.1) is 5.92 Å². The number of fused-ring (bicyclic) bond motifs is 1. The topological polar surface area (TPSA) is 69.6 Å². The molecule has 154 valence electrons. The number of carbonyl (C=O) groups is 2. The summed E-state index contributed by atoms with van der Waals surface area (Å²) < 4.78 is 0. The third-order valence-corrected chi connectivity index (χ3v) is 6.39. The Labute approximate surface area is 168 Å². The van der Waals surface area contributed by atoms with Crippen LogP contribution in [0.25, 0.3) is 0 Å². The van der Waals surface area contributed by atoms with Crippen molar-refractivity contribution < 1.29 is 14.7 Å². The summed E-state index contributed by atoms with van der Waals surface area (Å²) in [7, 11) is 0. The number of hydrogen-bond acceptors (Lipinski definition) is 3. The number of carboxylic acids is 1. The molecule has 1 aromatic rings. The van der Waals surface area contributed by atoms with Crippen molar-refractivity contribution in [2.75, 3.05) is 13.1 Å². The lowest BCUT2D eigenvalue weighted by atomic mass is 9.85. The van der Waals surface area contributed by atoms with E-state index >= 15 is 0 Å². The van der Waals surface area contributed by atoms with Gasteiger partial charge in [-0.2, -0.15) is 0 Å². The van der Waals surface area contributed by atoms with E-state index in [0.717, 1.165) is 25.7 Å². The first-order chi connectivity index (χ1) is 13.3. The second-order valence-electron chi connectivity index (χ2n) is 9.42. The third kappa shape index (κ3) is 4.93. The number of carboxylic acid groups (broad SMARTS) is 1. The van der Waals surface area contributed by atoms with E-state index < -0.39 is 12.0 Å². The van der Waals surface area contributed by atoms with Gasteiger partial charge in [-0.05, 0) is 48.1 Å². The molecule has 1 saturated heterocycles. The van der Waals surface area contributed by atoms with Crippen molar-refractivity contribution >= 4 is 11.9 Å². The average Bonchev–Trinajstić information content (AvgIpc) is 3.00. The minimum absolute atomic E-state index is 0.0659. The van der Waals surface area contributed by atoms with Crippen LogP contribution in [0.4, 0.5) is 0 Å². The summed E-state index contributed by atoms with van der Waals surface area (Å²) in [4.78, 5) is 26.1. The maximum atomic E-state index is 12.5. The van der Waals surface area contributed by atoms with Gasteiger partial charge >= 0.3 is 5.97 Å². The van der Waals surface area contributed by atoms with Crippen LogP contribution in [0.3, 0.4) is 0 Å². The summed E-state index contributed by atoms with van der Waals surface area (Å²) in [6.07, 6.45) is 5.90. The number of aliphatic carboxylic acids is 1. The van der Waals surface area contributed by atoms with E-state index in [1.807, 2.05) is 4.90 Å². The molecule has 1 heterocycles. The van der Waals surface area contributed by atoms with E-state index in [-0.39, 0.29) is 23.9 Å². The van der Waals surface area contributed by atoms with Crippen molar-refractivity contribution in [1.29, 1.82) is 0 Å². The molecule has 1 amide bonds. The van der Waals surface area contributed by atoms with Gasteiger partial charge in [-0.25, -0.2) is 0 Å². The zero-order valence-electron chi connectivity index (χ0n) is 17.4. The molecule has 2 aliphatic rings. The molecule has 5 nitrogen and oxygen atoms in total. The fraction of sp³-hybridized carbons (Fsp3) is 0.652. The highest BCUT2D eigenvalue weighted by Gasteiger charge is 2.45. The molecule has 1 aromatic carbocycles. The molecule has 0 bridgehead atoms. The van der Waals surface area contributed by atoms with Gasteiger partial charge in [0.2, 0.25) is 5.91 Å². The highest BCUT2D eigenvalue weighted by molar-refractivity contribution is 5.80. The Morgan fingerprint density at radius 2 is 1.82 bits per heavy atom. The molecule has 0 radical (unpaired) electrons. The average molecular weight is 387 g/mol. The SMILES string of the molecule is CC(C)(C)c1ccc(CCNC(=O)CN2C(C(=O)O)CC3CCCCC32)cc1. The van der Waals surface area contributed by atoms with Gasteiger partial charge in [-0.15, -0.1) is 0 Å². The van der Waals surface area contributed by atoms with Crippen LogP contribution in [0.15, 0.2) is 24.3 Å². The molecule has 0 spiro atoms. The van der Waals surface area contributed by atoms with Crippen molar-refractivity contribution in [3.63, 3.8) is 0 Å². The molecule has 28 heavy (non-hydrogen) atoms. The highest BCUT2D eigenvalue weighted by Crippen LogP contribution is 2.39. The van der Waals surface area contributed by atoms with Crippen LogP contribution in [0.5, 0.6) is 0 Å². The van der Waals surface area contributed by atoms with Crippen LogP contribution in [0.2, 0.25) is 0 Å². The van der Waals surface area contributed by atoms with Crippen LogP contribution >= 0.6 is 0 Å². The van der Waals surface area contributed by atoms with E-state index in [4.69, 9.17) is 0 Å². The third-order valence-electron chi connectivity index (χ3n) is 6.39. The highest BCUT2D eigenvalue weighted by atomic mass is 16.4. The van der Waals surface area contributed by atoms with E-state index in [0.29, 0.717) is 18.9 Å². The van der Waals surface area contributed by atoms with Crippen molar-refractivity contribution in [2.24, 2.45) is 5.92 Å². The summed E-state index contributed by atoms with van der Waals surface area (Å²) >= 11 is 0. The van der Waals surface area contributed by atoms with Gasteiger partial charge in [0.25, 0.3) is 0 Å². The van der Waals surface area contributed by atoms with Gasteiger partial charge in [0, 0.05) is 12.6 Å². The summed E-state index contributed by atoms with van der Waals surface area (Å²) in [5.74, 6) is -0.422. The smallest absolute Gasteiger partial charge is 0.320 e. The first-order valence-corrected chi connectivity index (χ1v) is 10.6. The van der Waals surface area contributed by atoms with Gasteiger partial charge < -0.3 is 10.4 Å². The fourth-order valence-electron chi connectivity index (χ4n) is 4.76. The standard InChI is InChI=1S/C23H34N2O3/c1-23(2,3)18-10-8-16(9-11-18)12-13-24-21(26)15-25-19-7-5-4-6-17(19)14-20(25)22(27)28/h8-11,17,19-20H,4-7,12-15H2,1-3H3,(H,24,26)(H,27,28). The Morgan fingerprint density at radius 3 is 2.46 bits per heavy atom. The fourth-order valence-corrected chi connectivity index (χ4v) is 4.76. The summed E-state index contributed by atoms with van der Waals surface area (Å²) in [6.45, 7) is 7.36. The summed E-state index contributed by atoms with van der Waals surface area (Å²) in [6, 6.07) is 8.30. The van der Waals surface area contributed by atoms with Crippen molar-refractivity contribution in [1.82, 2.24) is 10.2 Å². The number of likely N-dealkylation sites (tertiary alicyclic amines) is 1. The van der Waals surface area contributed by atoms with Gasteiger partial charge in [0.15, 0.2) is 0 Å². The molecule has 1 saturated carbocycles. The number of nitrogens with one attached hydrogen (secondary N) is 1. The quantitative estimate of drug-likeness (QED) is 0.787. The molecule has 3 unspecified atom stereocenters. The Bertz CT molecular complexity index is 693. The monoisotopic (exact) mass is 386 g/mol. The van der Waals surface area contributed by atoms with Gasteiger partial charge in [0.05, 0.1) is 6.54 Å². The number of carbonyl (C=O) groups excluding carboxylic acids is 1. The first-order valence-electron chi connectivity index (χ1n) is 10.6. The molecule has 1 aliphatic heterocycles. The van der Waals surface area contributed by atoms with E-state index in [2.05, 4.69) is 50.4 Å². The van der Waals surface area contributed by atoms with E-state index in [1.165, 1.54) is 17.5 Å². The number of benzene rings is 1. The van der Waals surface area contributed by atoms with Gasteiger partial charge in [0.1, 0.15) is 6.04 Å². The van der Waals surface area contributed by atoms with Crippen LogP contribution in [0.1, 0.15) is 64.0 Å². The molecule has 3 rings (SSSR count). The Hall–Kier alpha value is -1.88. The van der Waals surface area contributed by atoms with E-state index in [9.17, 15) is 14.7 Å². The maximum Gasteiger partial charge on any atom is 0.320 e. The summed E-state index contributed by atoms with van der Waals surface area (Å²) in [5.41, 5.74) is 2.64. The zero-order chi connectivity index (χ0) is 20.3. The van der Waals surface area contributed by atoms with Gasteiger partial charge in [-0.3, -0.25) is 14.5 Å². The summed E-state index contributed by atoms with van der Waals surface area (Å²) in [5, 5.41) is 12.6. The Balaban J connectivity index is 1.50. The Kier molecular flexibility index (Phi) is 6.43. The first kappa shape index (κ1) is 20.8. The van der Waals surface area contributed by atoms with E-state index in [1.54, 1.807) is 0 Å². The lowest BCUT2D eigenvalue weighted by Crippen LogP contribution is -2.47. The number of hydrogen-bond donors (Lipinski definition) is 2. The minimum Gasteiger partial charge on any atom is -0.480 e. The molecule has 5 heteroatoms. The minimum atomic E-state index is -0.791. The molecular formula is C23H34N2O3. The number of rotatable bonds is 6. The Morgan fingerprint density at radius 1 is 1.14 bits per heavy atom. The van der Waals surface area contributed by atoms with Crippen LogP contribution in [-0.2, 0) is 21.4 Å². The van der Waals surface area contributed by atoms with Crippen LogP contribution < -0.4 is 5.32 Å². The lowest BCUT2D eigenvalue weighted by Gasteiger charge is -2.32. The maximum absolute atomic E-state index is 12.5. The second-order valence-corrected chi connectivity index (χ2v) is 9.42. The second kappa shape index (κ2) is 8.64. The van der Waals surface area contributed by atoms with Crippen molar-refractivity contribution in [2.45, 2.75) is 76.8 Å². The predicted octanol–water partition coefficient (Wildman–Crippen LogP) is 3.36. The number of amides is 1. The molecule has 2 fully saturated rings. The van der Waals surface area contributed by atoms with Crippen molar-refractivity contribution in [3.8, 4) is 0 Å². The predicted molar refractivity (Wildman–Crippen MR) is 110 cm³/mol. The molecule has 1 aliphatic carbocycles. The molecule has 0 aromatic heterocycles. The van der Waals surface area contributed by atoms with Crippen LogP contribution in [-0.4, -0.2) is 47.1 Å². The van der Waals surface area contributed by atoms with Crippen molar-refractivity contribution in [3.05, 3.63) is 35.4 Å². The molecule has 2 N–H and O–H groups in total. The number of nitrogens with zero attached hydrogens (tertiary/aromatic N) is 1. The molecular weight excluding hydrogens is 352 g/mol.